The number of aliphatic hydroxyl groups excluding tert-OH is 2. The minimum Gasteiger partial charge on any atom is -0.467 e. The normalized spacial score (nSPS) is 11.1. The Hall–Kier alpha value is -2.73. The number of nitrogens with one attached hydrogen (secondary N) is 2. The van der Waals surface area contributed by atoms with Crippen LogP contribution in [0.15, 0.2) is 0 Å². The van der Waals surface area contributed by atoms with Crippen LogP contribution in [0.5, 0.6) is 0 Å². The summed E-state index contributed by atoms with van der Waals surface area (Å²) in [6, 6.07) is -0.962. The molecule has 0 saturated carbocycles. The molecule has 0 aliphatic carbocycles. The number of methoxy groups -OCH3 is 1. The molecule has 2 amide bonds. The Labute approximate surface area is 155 Å². The molecule has 0 aromatic carbocycles. The first-order chi connectivity index (χ1) is 12.8. The smallest absolute Gasteiger partial charge is 0.332 e. The van der Waals surface area contributed by atoms with Crippen LogP contribution in [0.25, 0.3) is 0 Å². The highest BCUT2D eigenvalue weighted by Gasteiger charge is 2.21. The summed E-state index contributed by atoms with van der Waals surface area (Å²) in [4.78, 5) is 56.1. The highest BCUT2D eigenvalue weighted by atomic mass is 16.6. The maximum atomic E-state index is 11.7. The minimum atomic E-state index is -0.972. The van der Waals surface area contributed by atoms with Crippen molar-refractivity contribution in [2.45, 2.75) is 25.3 Å². The van der Waals surface area contributed by atoms with Gasteiger partial charge in [0.05, 0.1) is 7.11 Å². The summed E-state index contributed by atoms with van der Waals surface area (Å²) in [6.45, 7) is -2.58. The number of hydrogen-bond acceptors (Lipinski definition) is 10. The molecule has 1 unspecified atom stereocenters. The Bertz CT molecular complexity index is 523. The second kappa shape index (κ2) is 14.4. The van der Waals surface area contributed by atoms with Gasteiger partial charge in [0, 0.05) is 6.54 Å². The van der Waals surface area contributed by atoms with E-state index in [9.17, 15) is 24.0 Å². The Morgan fingerprint density at radius 1 is 0.889 bits per heavy atom. The van der Waals surface area contributed by atoms with Gasteiger partial charge in [-0.15, -0.1) is 0 Å². The van der Waals surface area contributed by atoms with E-state index in [0.717, 1.165) is 7.11 Å². The largest absolute Gasteiger partial charge is 0.467 e. The number of ether oxygens (including phenoxy) is 3. The fraction of sp³-hybridized carbons (Fsp3) is 0.667. The van der Waals surface area contributed by atoms with E-state index < -0.39 is 62.2 Å². The minimum absolute atomic E-state index is 0.210. The van der Waals surface area contributed by atoms with Crippen LogP contribution < -0.4 is 10.6 Å². The summed E-state index contributed by atoms with van der Waals surface area (Å²) in [5.41, 5.74) is 0. The van der Waals surface area contributed by atoms with Crippen molar-refractivity contribution in [3.05, 3.63) is 0 Å². The molecule has 4 N–H and O–H groups in total. The van der Waals surface area contributed by atoms with Crippen LogP contribution in [0.2, 0.25) is 0 Å². The van der Waals surface area contributed by atoms with Crippen LogP contribution in [0.1, 0.15) is 19.3 Å². The number of aliphatic hydroxyl groups is 2. The molecular formula is C15H24N2O10. The van der Waals surface area contributed by atoms with Crippen molar-refractivity contribution in [3.8, 4) is 0 Å². The maximum absolute atomic E-state index is 11.7. The fourth-order valence-electron chi connectivity index (χ4n) is 1.76. The van der Waals surface area contributed by atoms with Crippen molar-refractivity contribution in [2.24, 2.45) is 0 Å². The molecule has 0 fully saturated rings. The van der Waals surface area contributed by atoms with Crippen molar-refractivity contribution >= 4 is 29.7 Å². The molecule has 0 aromatic heterocycles. The van der Waals surface area contributed by atoms with Crippen LogP contribution in [-0.4, -0.2) is 86.1 Å². The number of esters is 3. The quantitative estimate of drug-likeness (QED) is 0.143. The number of unbranched alkanes of at least 4 members (excludes halogenated alkanes) is 1. The highest BCUT2D eigenvalue weighted by molar-refractivity contribution is 5.86. The molecular weight excluding hydrogens is 368 g/mol. The van der Waals surface area contributed by atoms with E-state index in [1.165, 1.54) is 0 Å². The fourth-order valence-corrected chi connectivity index (χ4v) is 1.76. The lowest BCUT2D eigenvalue weighted by atomic mass is 10.1. The molecule has 0 spiro atoms. The number of carbonyl (C=O) groups is 5. The molecule has 0 aromatic rings. The van der Waals surface area contributed by atoms with Gasteiger partial charge in [0.25, 0.3) is 11.8 Å². The molecule has 0 radical (unpaired) electrons. The highest BCUT2D eigenvalue weighted by Crippen LogP contribution is 2.03. The third-order valence-corrected chi connectivity index (χ3v) is 3.05. The zero-order valence-corrected chi connectivity index (χ0v) is 14.9. The van der Waals surface area contributed by atoms with Crippen molar-refractivity contribution in [1.29, 1.82) is 0 Å². The Balaban J connectivity index is 4.12. The van der Waals surface area contributed by atoms with Gasteiger partial charge in [-0.2, -0.15) is 0 Å². The van der Waals surface area contributed by atoms with Gasteiger partial charge >= 0.3 is 17.9 Å². The maximum Gasteiger partial charge on any atom is 0.332 e. The second-order valence-corrected chi connectivity index (χ2v) is 5.13. The summed E-state index contributed by atoms with van der Waals surface area (Å²) < 4.78 is 13.4. The van der Waals surface area contributed by atoms with Gasteiger partial charge in [0.2, 0.25) is 0 Å². The molecule has 27 heavy (non-hydrogen) atoms. The van der Waals surface area contributed by atoms with Crippen LogP contribution in [-0.2, 0) is 38.2 Å². The average Bonchev–Trinajstić information content (AvgIpc) is 2.68. The zero-order chi connectivity index (χ0) is 20.7. The van der Waals surface area contributed by atoms with Gasteiger partial charge < -0.3 is 35.1 Å². The van der Waals surface area contributed by atoms with Crippen molar-refractivity contribution in [3.63, 3.8) is 0 Å². The Morgan fingerprint density at radius 3 is 1.96 bits per heavy atom. The van der Waals surface area contributed by atoms with Crippen LogP contribution in [0.3, 0.4) is 0 Å². The standard InChI is InChI=1S/C15H24N2O10/c1-25-15(24)10(17-12(21)9-27-14(23)7-19)4-2-3-5-16-11(20)8-26-13(22)6-18/h10,18-19H,2-9H2,1H3,(H,16,20)(H,17,21). The van der Waals surface area contributed by atoms with Crippen molar-refractivity contribution in [2.75, 3.05) is 40.1 Å². The first-order valence-electron chi connectivity index (χ1n) is 8.00. The second-order valence-electron chi connectivity index (χ2n) is 5.13. The number of rotatable bonds is 13. The van der Waals surface area contributed by atoms with E-state index in [1.807, 2.05) is 0 Å². The first kappa shape index (κ1) is 24.3. The first-order valence-corrected chi connectivity index (χ1v) is 8.00. The molecule has 154 valence electrons. The predicted octanol–water partition coefficient (Wildman–Crippen LogP) is -3.00. The van der Waals surface area contributed by atoms with Crippen molar-refractivity contribution in [1.82, 2.24) is 10.6 Å². The third-order valence-electron chi connectivity index (χ3n) is 3.05. The lowest BCUT2D eigenvalue weighted by Gasteiger charge is -2.16. The number of carbonyl (C=O) groups excluding carboxylic acids is 5. The topological polar surface area (TPSA) is 178 Å². The van der Waals surface area contributed by atoms with Gasteiger partial charge in [-0.1, -0.05) is 0 Å². The molecule has 0 aliphatic heterocycles. The SMILES string of the molecule is COC(=O)C(CCCCNC(=O)COC(=O)CO)NC(=O)COC(=O)CO. The Kier molecular flexibility index (Phi) is 13.0. The van der Waals surface area contributed by atoms with E-state index in [1.54, 1.807) is 0 Å². The van der Waals surface area contributed by atoms with E-state index in [2.05, 4.69) is 24.8 Å². The summed E-state index contributed by atoms with van der Waals surface area (Å²) in [5, 5.41) is 21.7. The lowest BCUT2D eigenvalue weighted by molar-refractivity contribution is -0.152. The van der Waals surface area contributed by atoms with Gasteiger partial charge in [-0.25, -0.2) is 14.4 Å². The van der Waals surface area contributed by atoms with E-state index in [-0.39, 0.29) is 13.0 Å². The molecule has 0 rings (SSSR count). The third kappa shape index (κ3) is 12.3. The number of amides is 2. The molecule has 0 heterocycles. The molecule has 12 nitrogen and oxygen atoms in total. The molecule has 0 aliphatic rings. The van der Waals surface area contributed by atoms with Crippen LogP contribution in [0.4, 0.5) is 0 Å². The molecule has 12 heteroatoms. The van der Waals surface area contributed by atoms with Gasteiger partial charge in [-0.3, -0.25) is 9.59 Å². The number of hydrogen-bond donors (Lipinski definition) is 4. The lowest BCUT2D eigenvalue weighted by Crippen LogP contribution is -2.43. The average molecular weight is 392 g/mol. The van der Waals surface area contributed by atoms with Crippen LogP contribution >= 0.6 is 0 Å². The summed E-state index contributed by atoms with van der Waals surface area (Å²) in [7, 11) is 1.15. The Morgan fingerprint density at radius 2 is 1.44 bits per heavy atom. The van der Waals surface area contributed by atoms with Gasteiger partial charge in [0.1, 0.15) is 19.3 Å². The summed E-state index contributed by atoms with van der Waals surface area (Å²) >= 11 is 0. The van der Waals surface area contributed by atoms with E-state index in [4.69, 9.17) is 10.2 Å². The van der Waals surface area contributed by atoms with Gasteiger partial charge in [-0.05, 0) is 19.3 Å². The molecule has 0 bridgehead atoms. The van der Waals surface area contributed by atoms with Crippen molar-refractivity contribution < 1.29 is 48.4 Å². The summed E-state index contributed by atoms with van der Waals surface area (Å²) in [5.74, 6) is -3.84. The van der Waals surface area contributed by atoms with E-state index >= 15 is 0 Å². The van der Waals surface area contributed by atoms with Gasteiger partial charge in [0.15, 0.2) is 13.2 Å². The summed E-state index contributed by atoms with van der Waals surface area (Å²) in [6.07, 6.45) is 1.11. The molecule has 1 atom stereocenters. The monoisotopic (exact) mass is 392 g/mol. The van der Waals surface area contributed by atoms with E-state index in [0.29, 0.717) is 12.8 Å². The van der Waals surface area contributed by atoms with Crippen LogP contribution in [0, 0.1) is 0 Å². The zero-order valence-electron chi connectivity index (χ0n) is 14.9. The predicted molar refractivity (Wildman–Crippen MR) is 86.9 cm³/mol. The molecule has 0 saturated heterocycles.